The molecule has 0 aromatic heterocycles. The number of methoxy groups -OCH3 is 1. The Morgan fingerprint density at radius 2 is 1.76 bits per heavy atom. The second kappa shape index (κ2) is 12.4. The molecule has 3 saturated heterocycles. The minimum atomic E-state index is -1.01. The first kappa shape index (κ1) is 28.1. The lowest BCUT2D eigenvalue weighted by Gasteiger charge is -2.43. The number of hydrogen-bond donors (Lipinski definition) is 2. The minimum Gasteiger partial charge on any atom is -0.497 e. The average Bonchev–Trinajstić information content (AvgIpc) is 3.30. The van der Waals surface area contributed by atoms with Gasteiger partial charge in [-0.25, -0.2) is 5.01 Å². The summed E-state index contributed by atoms with van der Waals surface area (Å²) in [4.78, 5) is 65.3. The number of nitrogens with zero attached hydrogens (tertiary/aromatic N) is 2. The van der Waals surface area contributed by atoms with Gasteiger partial charge in [0.25, 0.3) is 11.8 Å². The fourth-order valence-electron chi connectivity index (χ4n) is 5.23. The molecule has 3 aliphatic heterocycles. The number of nitrogens with one attached hydrogen (secondary N) is 2. The molecular formula is C29H32N4O8. The Morgan fingerprint density at radius 1 is 1.00 bits per heavy atom. The fraction of sp³-hybridized carbons (Fsp3) is 0.414. The number of carbonyl (C=O) groups is 5. The second-order valence-electron chi connectivity index (χ2n) is 10.1. The third-order valence-corrected chi connectivity index (χ3v) is 7.37. The van der Waals surface area contributed by atoms with Crippen LogP contribution >= 0.6 is 0 Å². The molecule has 4 unspecified atom stereocenters. The molecule has 3 fully saturated rings. The van der Waals surface area contributed by atoms with E-state index < -0.39 is 48.1 Å². The third kappa shape index (κ3) is 6.32. The molecule has 4 amide bonds. The predicted molar refractivity (Wildman–Crippen MR) is 143 cm³/mol. The van der Waals surface area contributed by atoms with Gasteiger partial charge in [-0.3, -0.25) is 29.0 Å². The van der Waals surface area contributed by atoms with Gasteiger partial charge in [0, 0.05) is 18.5 Å². The van der Waals surface area contributed by atoms with Crippen LogP contribution in [0.4, 0.5) is 0 Å². The Kier molecular flexibility index (Phi) is 8.48. The summed E-state index contributed by atoms with van der Waals surface area (Å²) in [6.45, 7) is 0.457. The number of ether oxygens (including phenoxy) is 3. The highest BCUT2D eigenvalue weighted by molar-refractivity contribution is 5.99. The minimum absolute atomic E-state index is 0.0322. The van der Waals surface area contributed by atoms with E-state index in [1.54, 1.807) is 24.3 Å². The Balaban J connectivity index is 1.28. The van der Waals surface area contributed by atoms with Gasteiger partial charge in [-0.15, -0.1) is 0 Å². The number of benzene rings is 2. The van der Waals surface area contributed by atoms with E-state index in [2.05, 4.69) is 10.6 Å². The number of hydrogen-bond acceptors (Lipinski definition) is 8. The molecule has 2 aromatic rings. The van der Waals surface area contributed by atoms with E-state index in [1.807, 2.05) is 30.3 Å². The summed E-state index contributed by atoms with van der Waals surface area (Å²) in [6, 6.07) is 13.0. The molecule has 2 N–H and O–H groups in total. The molecule has 12 nitrogen and oxygen atoms in total. The van der Waals surface area contributed by atoms with Gasteiger partial charge in [0.1, 0.15) is 23.9 Å². The van der Waals surface area contributed by atoms with Crippen molar-refractivity contribution in [1.82, 2.24) is 20.7 Å². The first-order valence-corrected chi connectivity index (χ1v) is 13.6. The Morgan fingerprint density at radius 3 is 2.49 bits per heavy atom. The summed E-state index contributed by atoms with van der Waals surface area (Å²) in [7, 11) is 1.52. The van der Waals surface area contributed by atoms with Crippen molar-refractivity contribution in [2.24, 2.45) is 0 Å². The lowest BCUT2D eigenvalue weighted by Crippen LogP contribution is -2.64. The largest absolute Gasteiger partial charge is 0.497 e. The standard InChI is InChI=1S/C29H32N4O8/c1-39-20-11-9-19(10-12-20)26(36)30-21-13-14-24(34)32-15-5-8-23(33(32)28(21)38)27(37)31-22-16-25(35)41-29(22)40-17-18-6-3-2-4-7-18/h2-4,6-7,9-12,21-23,29H,5,8,13-17H2,1H3,(H,30,36)(H,31,37). The summed E-state index contributed by atoms with van der Waals surface area (Å²) in [5.41, 5.74) is 1.20. The van der Waals surface area contributed by atoms with E-state index in [9.17, 15) is 24.0 Å². The number of esters is 1. The maximum Gasteiger partial charge on any atom is 0.310 e. The zero-order valence-corrected chi connectivity index (χ0v) is 22.6. The molecule has 2 aromatic carbocycles. The van der Waals surface area contributed by atoms with Crippen molar-refractivity contribution in [3.8, 4) is 5.75 Å². The molecule has 0 bridgehead atoms. The summed E-state index contributed by atoms with van der Waals surface area (Å²) in [5, 5.41) is 8.01. The first-order chi connectivity index (χ1) is 19.8. The summed E-state index contributed by atoms with van der Waals surface area (Å²) in [6.07, 6.45) is -0.146. The van der Waals surface area contributed by atoms with Crippen molar-refractivity contribution in [2.75, 3.05) is 13.7 Å². The summed E-state index contributed by atoms with van der Waals surface area (Å²) < 4.78 is 16.2. The Labute approximate surface area is 236 Å². The molecule has 12 heteroatoms. The van der Waals surface area contributed by atoms with Crippen LogP contribution in [0.15, 0.2) is 54.6 Å². The van der Waals surface area contributed by atoms with E-state index >= 15 is 0 Å². The smallest absolute Gasteiger partial charge is 0.310 e. The highest BCUT2D eigenvalue weighted by Gasteiger charge is 2.46. The van der Waals surface area contributed by atoms with E-state index in [0.717, 1.165) is 5.56 Å². The fourth-order valence-corrected chi connectivity index (χ4v) is 5.23. The van der Waals surface area contributed by atoms with Crippen molar-refractivity contribution in [1.29, 1.82) is 0 Å². The SMILES string of the molecule is COc1ccc(C(=O)NC2CCC(=O)N3CCCC(C(=O)NC4CC(=O)OC4OCc4ccccc4)N3C2=O)cc1. The van der Waals surface area contributed by atoms with Gasteiger partial charge in [-0.2, -0.15) is 0 Å². The zero-order valence-electron chi connectivity index (χ0n) is 22.6. The second-order valence-corrected chi connectivity index (χ2v) is 10.1. The van der Waals surface area contributed by atoms with Gasteiger partial charge in [-0.1, -0.05) is 30.3 Å². The van der Waals surface area contributed by atoms with Gasteiger partial charge in [0.2, 0.25) is 18.1 Å². The number of cyclic esters (lactones) is 1. The molecule has 0 saturated carbocycles. The van der Waals surface area contributed by atoms with E-state index in [0.29, 0.717) is 24.2 Å². The normalized spacial score (nSPS) is 24.3. The lowest BCUT2D eigenvalue weighted by atomic mass is 10.0. The van der Waals surface area contributed by atoms with Crippen LogP contribution in [0.25, 0.3) is 0 Å². The summed E-state index contributed by atoms with van der Waals surface area (Å²) in [5.74, 6) is -1.80. The van der Waals surface area contributed by atoms with E-state index in [1.165, 1.54) is 17.1 Å². The van der Waals surface area contributed by atoms with Gasteiger partial charge >= 0.3 is 5.97 Å². The van der Waals surface area contributed by atoms with Crippen LogP contribution in [0, 0.1) is 0 Å². The highest BCUT2D eigenvalue weighted by Crippen LogP contribution is 2.26. The lowest BCUT2D eigenvalue weighted by molar-refractivity contribution is -0.177. The maximum atomic E-state index is 13.7. The molecule has 0 aliphatic carbocycles. The van der Waals surface area contributed by atoms with Gasteiger partial charge in [0.15, 0.2) is 0 Å². The molecule has 5 rings (SSSR count). The number of amides is 4. The molecule has 4 atom stereocenters. The van der Waals surface area contributed by atoms with Crippen LogP contribution in [-0.4, -0.2) is 77.7 Å². The van der Waals surface area contributed by atoms with E-state index in [4.69, 9.17) is 14.2 Å². The Hall–Kier alpha value is -4.45. The van der Waals surface area contributed by atoms with Crippen molar-refractivity contribution in [3.63, 3.8) is 0 Å². The van der Waals surface area contributed by atoms with Crippen molar-refractivity contribution < 1.29 is 38.2 Å². The molecule has 0 radical (unpaired) electrons. The first-order valence-electron chi connectivity index (χ1n) is 13.6. The number of carbonyl (C=O) groups excluding carboxylic acids is 5. The van der Waals surface area contributed by atoms with Gasteiger partial charge in [-0.05, 0) is 49.1 Å². The molecule has 41 heavy (non-hydrogen) atoms. The monoisotopic (exact) mass is 564 g/mol. The van der Waals surface area contributed by atoms with Gasteiger partial charge < -0.3 is 24.8 Å². The number of rotatable bonds is 8. The molecule has 3 aliphatic rings. The highest BCUT2D eigenvalue weighted by atomic mass is 16.7. The summed E-state index contributed by atoms with van der Waals surface area (Å²) >= 11 is 0. The predicted octanol–water partition coefficient (Wildman–Crippen LogP) is 1.30. The topological polar surface area (TPSA) is 144 Å². The van der Waals surface area contributed by atoms with Crippen LogP contribution in [-0.2, 0) is 35.3 Å². The molecule has 216 valence electrons. The van der Waals surface area contributed by atoms with Gasteiger partial charge in [0.05, 0.1) is 20.1 Å². The van der Waals surface area contributed by atoms with Crippen LogP contribution in [0.1, 0.15) is 48.0 Å². The van der Waals surface area contributed by atoms with Crippen molar-refractivity contribution in [2.45, 2.75) is 63.1 Å². The maximum absolute atomic E-state index is 13.7. The molecular weight excluding hydrogens is 532 g/mol. The number of hydrazine groups is 1. The van der Waals surface area contributed by atoms with Crippen molar-refractivity contribution in [3.05, 3.63) is 65.7 Å². The van der Waals surface area contributed by atoms with Crippen LogP contribution in [0.5, 0.6) is 5.75 Å². The van der Waals surface area contributed by atoms with Crippen molar-refractivity contribution >= 4 is 29.6 Å². The van der Waals surface area contributed by atoms with E-state index in [-0.39, 0.29) is 38.3 Å². The average molecular weight is 565 g/mol. The van der Waals surface area contributed by atoms with Crippen LogP contribution in [0.3, 0.4) is 0 Å². The number of fused-ring (bicyclic) bond motifs is 1. The molecule has 3 heterocycles. The third-order valence-electron chi connectivity index (χ3n) is 7.37. The molecule has 0 spiro atoms. The van der Waals surface area contributed by atoms with Crippen LogP contribution < -0.4 is 15.4 Å². The van der Waals surface area contributed by atoms with Crippen LogP contribution in [0.2, 0.25) is 0 Å². The quantitative estimate of drug-likeness (QED) is 0.457. The zero-order chi connectivity index (χ0) is 28.9. The Bertz CT molecular complexity index is 1300.